The second kappa shape index (κ2) is 4.64. The predicted octanol–water partition coefficient (Wildman–Crippen LogP) is 4.66. The van der Waals surface area contributed by atoms with Crippen LogP contribution in [0.1, 0.15) is 50.4 Å². The molecule has 114 valence electrons. The van der Waals surface area contributed by atoms with Crippen LogP contribution in [0.15, 0.2) is 18.2 Å². The first kappa shape index (κ1) is 14.7. The normalized spacial score (nSPS) is 33.1. The Morgan fingerprint density at radius 2 is 2.10 bits per heavy atom. The predicted molar refractivity (Wildman–Crippen MR) is 85.1 cm³/mol. The summed E-state index contributed by atoms with van der Waals surface area (Å²) in [5, 5.41) is 13.5. The highest BCUT2D eigenvalue weighted by atomic mass is 35.5. The minimum atomic E-state index is -0.916. The molecular formula is C17H22ClNO2. The summed E-state index contributed by atoms with van der Waals surface area (Å²) in [5.41, 5.74) is 1.35. The van der Waals surface area contributed by atoms with Crippen molar-refractivity contribution >= 4 is 23.3 Å². The first-order valence-corrected chi connectivity index (χ1v) is 7.91. The number of hydrogen-bond acceptors (Lipinski definition) is 2. The quantitative estimate of drug-likeness (QED) is 0.853. The van der Waals surface area contributed by atoms with E-state index in [0.717, 1.165) is 0 Å². The zero-order valence-electron chi connectivity index (χ0n) is 12.7. The van der Waals surface area contributed by atoms with E-state index in [-0.39, 0.29) is 16.9 Å². The Morgan fingerprint density at radius 3 is 2.67 bits per heavy atom. The maximum atomic E-state index is 11.4. The van der Waals surface area contributed by atoms with Crippen molar-refractivity contribution in [3.05, 3.63) is 28.8 Å². The third kappa shape index (κ3) is 2.22. The summed E-state index contributed by atoms with van der Waals surface area (Å²) in [4.78, 5) is 11.4. The number of fused-ring (bicyclic) bond motifs is 2. The Morgan fingerprint density at radius 1 is 1.38 bits per heavy atom. The van der Waals surface area contributed by atoms with Gasteiger partial charge in [-0.3, -0.25) is 0 Å². The topological polar surface area (TPSA) is 49.3 Å². The van der Waals surface area contributed by atoms with Crippen LogP contribution in [-0.2, 0) is 0 Å². The maximum absolute atomic E-state index is 11.4. The number of carboxylic acid groups (broad SMARTS) is 1. The molecule has 4 heteroatoms. The Balaban J connectivity index is 1.97. The van der Waals surface area contributed by atoms with E-state index in [1.807, 2.05) is 0 Å². The van der Waals surface area contributed by atoms with Crippen LogP contribution < -0.4 is 5.32 Å². The molecule has 1 aromatic rings. The number of carboxylic acids is 1. The van der Waals surface area contributed by atoms with Crippen molar-refractivity contribution < 1.29 is 9.90 Å². The molecule has 0 saturated heterocycles. The molecule has 2 N–H and O–H groups in total. The van der Waals surface area contributed by atoms with Gasteiger partial charge >= 0.3 is 5.97 Å². The number of hydrogen-bond donors (Lipinski definition) is 2. The fourth-order valence-electron chi connectivity index (χ4n) is 4.64. The van der Waals surface area contributed by atoms with Crippen LogP contribution in [0.25, 0.3) is 0 Å². The van der Waals surface area contributed by atoms with Gasteiger partial charge in [-0.1, -0.05) is 32.4 Å². The van der Waals surface area contributed by atoms with E-state index in [1.54, 1.807) is 18.2 Å². The molecule has 0 radical (unpaired) electrons. The second-order valence-corrected chi connectivity index (χ2v) is 7.92. The summed E-state index contributed by atoms with van der Waals surface area (Å²) < 4.78 is 0. The average molecular weight is 308 g/mol. The van der Waals surface area contributed by atoms with Crippen LogP contribution in [0.5, 0.6) is 0 Å². The maximum Gasteiger partial charge on any atom is 0.337 e. The van der Waals surface area contributed by atoms with Gasteiger partial charge in [-0.25, -0.2) is 4.79 Å². The van der Waals surface area contributed by atoms with Gasteiger partial charge in [0, 0.05) is 11.1 Å². The van der Waals surface area contributed by atoms with Gasteiger partial charge in [-0.2, -0.15) is 0 Å². The number of aromatic carboxylic acids is 1. The van der Waals surface area contributed by atoms with Crippen LogP contribution in [0.4, 0.5) is 5.69 Å². The number of benzene rings is 1. The Hall–Kier alpha value is -1.22. The molecule has 0 amide bonds. The molecule has 1 aromatic carbocycles. The van der Waals surface area contributed by atoms with Crippen molar-refractivity contribution in [1.82, 2.24) is 0 Å². The fraction of sp³-hybridized carbons (Fsp3) is 0.588. The molecule has 3 nitrogen and oxygen atoms in total. The highest BCUT2D eigenvalue weighted by Crippen LogP contribution is 2.63. The summed E-state index contributed by atoms with van der Waals surface area (Å²) in [6, 6.07) is 5.22. The minimum absolute atomic E-state index is 0.172. The molecule has 0 heterocycles. The number of anilines is 1. The largest absolute Gasteiger partial charge is 0.478 e. The standard InChI is InChI=1S/C17H22ClNO2/c1-16(2)10-6-7-17(3,9-10)15(16)19-13-8-11(18)4-5-12(13)14(20)21/h4-5,8,10,15,19H,6-7,9H2,1-3H3,(H,20,21). The number of nitrogens with one attached hydrogen (secondary N) is 1. The van der Waals surface area contributed by atoms with Gasteiger partial charge in [-0.05, 0) is 54.2 Å². The lowest BCUT2D eigenvalue weighted by molar-refractivity contribution is 0.0697. The molecule has 2 saturated carbocycles. The van der Waals surface area contributed by atoms with Gasteiger partial charge in [0.2, 0.25) is 0 Å². The molecule has 2 fully saturated rings. The lowest BCUT2D eigenvalue weighted by Crippen LogP contribution is -2.46. The third-order valence-electron chi connectivity index (χ3n) is 5.78. The molecule has 2 aliphatic carbocycles. The number of rotatable bonds is 3. The lowest BCUT2D eigenvalue weighted by atomic mass is 9.68. The molecule has 0 aromatic heterocycles. The monoisotopic (exact) mass is 307 g/mol. The average Bonchev–Trinajstić information content (AvgIpc) is 2.85. The number of halogens is 1. The van der Waals surface area contributed by atoms with Crippen LogP contribution in [-0.4, -0.2) is 17.1 Å². The molecule has 2 aliphatic rings. The van der Waals surface area contributed by atoms with Crippen molar-refractivity contribution in [2.45, 2.75) is 46.1 Å². The van der Waals surface area contributed by atoms with Gasteiger partial charge < -0.3 is 10.4 Å². The SMILES string of the molecule is CC12CCC(C1)C(C)(C)C2Nc1cc(Cl)ccc1C(=O)O. The van der Waals surface area contributed by atoms with E-state index in [1.165, 1.54) is 19.3 Å². The summed E-state index contributed by atoms with van der Waals surface area (Å²) >= 11 is 6.06. The Bertz CT molecular complexity index is 594. The van der Waals surface area contributed by atoms with Crippen LogP contribution in [0.3, 0.4) is 0 Å². The highest BCUT2D eigenvalue weighted by Gasteiger charge is 2.59. The van der Waals surface area contributed by atoms with Gasteiger partial charge in [0.15, 0.2) is 0 Å². The summed E-state index contributed by atoms with van der Waals surface area (Å²) in [5.74, 6) is -0.201. The van der Waals surface area contributed by atoms with E-state index in [4.69, 9.17) is 11.6 Å². The molecule has 3 atom stereocenters. The van der Waals surface area contributed by atoms with Crippen molar-refractivity contribution in [2.24, 2.45) is 16.7 Å². The second-order valence-electron chi connectivity index (χ2n) is 7.49. The minimum Gasteiger partial charge on any atom is -0.478 e. The Kier molecular flexibility index (Phi) is 3.25. The molecule has 3 rings (SSSR count). The molecule has 0 spiro atoms. The molecular weight excluding hydrogens is 286 g/mol. The molecule has 0 aliphatic heterocycles. The smallest absolute Gasteiger partial charge is 0.337 e. The molecule has 2 bridgehead atoms. The fourth-order valence-corrected chi connectivity index (χ4v) is 4.81. The summed E-state index contributed by atoms with van der Waals surface area (Å²) in [6.45, 7) is 6.92. The Labute approximate surface area is 130 Å². The van der Waals surface area contributed by atoms with Crippen LogP contribution >= 0.6 is 11.6 Å². The van der Waals surface area contributed by atoms with Crippen LogP contribution in [0.2, 0.25) is 5.02 Å². The van der Waals surface area contributed by atoms with E-state index < -0.39 is 5.97 Å². The van der Waals surface area contributed by atoms with E-state index in [2.05, 4.69) is 26.1 Å². The highest BCUT2D eigenvalue weighted by molar-refractivity contribution is 6.31. The van der Waals surface area contributed by atoms with Gasteiger partial charge in [0.1, 0.15) is 0 Å². The van der Waals surface area contributed by atoms with Crippen molar-refractivity contribution in [3.8, 4) is 0 Å². The summed E-state index contributed by atoms with van der Waals surface area (Å²) in [7, 11) is 0. The summed E-state index contributed by atoms with van der Waals surface area (Å²) in [6.07, 6.45) is 3.71. The zero-order chi connectivity index (χ0) is 15.4. The molecule has 21 heavy (non-hydrogen) atoms. The molecule has 3 unspecified atom stereocenters. The first-order chi connectivity index (χ1) is 9.74. The van der Waals surface area contributed by atoms with E-state index in [9.17, 15) is 9.90 Å². The van der Waals surface area contributed by atoms with E-state index >= 15 is 0 Å². The van der Waals surface area contributed by atoms with Gasteiger partial charge in [0.25, 0.3) is 0 Å². The third-order valence-corrected chi connectivity index (χ3v) is 6.02. The van der Waals surface area contributed by atoms with Crippen LogP contribution in [0, 0.1) is 16.7 Å². The zero-order valence-corrected chi connectivity index (χ0v) is 13.5. The van der Waals surface area contributed by atoms with Crippen molar-refractivity contribution in [1.29, 1.82) is 0 Å². The first-order valence-electron chi connectivity index (χ1n) is 7.53. The van der Waals surface area contributed by atoms with Gasteiger partial charge in [0.05, 0.1) is 11.3 Å². The van der Waals surface area contributed by atoms with Gasteiger partial charge in [-0.15, -0.1) is 0 Å². The number of carbonyl (C=O) groups is 1. The van der Waals surface area contributed by atoms with Crippen molar-refractivity contribution in [2.75, 3.05) is 5.32 Å². The van der Waals surface area contributed by atoms with E-state index in [0.29, 0.717) is 22.2 Å². The lowest BCUT2D eigenvalue weighted by Gasteiger charge is -2.43. The van der Waals surface area contributed by atoms with Crippen molar-refractivity contribution in [3.63, 3.8) is 0 Å².